The number of benzene rings is 1. The van der Waals surface area contributed by atoms with E-state index in [1.807, 2.05) is 30.3 Å². The summed E-state index contributed by atoms with van der Waals surface area (Å²) in [6, 6.07) is 9.59. The van der Waals surface area contributed by atoms with Crippen LogP contribution in [-0.2, 0) is 0 Å². The number of piperidine rings is 1. The lowest BCUT2D eigenvalue weighted by molar-refractivity contribution is 0.370. The van der Waals surface area contributed by atoms with Crippen molar-refractivity contribution in [3.8, 4) is 0 Å². The van der Waals surface area contributed by atoms with Gasteiger partial charge in [-0.2, -0.15) is 0 Å². The molecule has 1 fully saturated rings. The third-order valence-electron chi connectivity index (χ3n) is 3.39. The highest BCUT2D eigenvalue weighted by atomic mass is 16.4. The molecule has 0 bridgehead atoms. The molecule has 3 nitrogen and oxygen atoms in total. The molecule has 3 heteroatoms. The standard InChI is InChI=1S/C14H15NO2/c16-14-12-6-2-1-4-10(12)8-13(17-14)11-5-3-7-15-9-11/h1-2,4,6,8,11,15H,3,5,7,9H2. The van der Waals surface area contributed by atoms with Crippen molar-refractivity contribution in [2.75, 3.05) is 13.1 Å². The zero-order chi connectivity index (χ0) is 11.7. The Morgan fingerprint density at radius 3 is 3.00 bits per heavy atom. The Balaban J connectivity index is 2.08. The summed E-state index contributed by atoms with van der Waals surface area (Å²) in [6.07, 6.45) is 2.23. The highest BCUT2D eigenvalue weighted by Crippen LogP contribution is 2.24. The fraction of sp³-hybridized carbons (Fsp3) is 0.357. The zero-order valence-electron chi connectivity index (χ0n) is 9.61. The normalized spacial score (nSPS) is 20.6. The highest BCUT2D eigenvalue weighted by molar-refractivity contribution is 5.81. The van der Waals surface area contributed by atoms with E-state index in [1.165, 1.54) is 0 Å². The lowest BCUT2D eigenvalue weighted by Gasteiger charge is -2.21. The van der Waals surface area contributed by atoms with E-state index in [1.54, 1.807) is 0 Å². The van der Waals surface area contributed by atoms with Crippen molar-refractivity contribution in [1.82, 2.24) is 5.32 Å². The predicted molar refractivity (Wildman–Crippen MR) is 67.3 cm³/mol. The van der Waals surface area contributed by atoms with E-state index >= 15 is 0 Å². The van der Waals surface area contributed by atoms with Gasteiger partial charge in [-0.15, -0.1) is 0 Å². The maximum absolute atomic E-state index is 11.9. The van der Waals surface area contributed by atoms with Gasteiger partial charge in [-0.1, -0.05) is 18.2 Å². The summed E-state index contributed by atoms with van der Waals surface area (Å²) in [5.41, 5.74) is -0.219. The average molecular weight is 229 g/mol. The van der Waals surface area contributed by atoms with Gasteiger partial charge < -0.3 is 9.73 Å². The molecule has 1 atom stereocenters. The van der Waals surface area contributed by atoms with Crippen molar-refractivity contribution in [3.63, 3.8) is 0 Å². The zero-order valence-corrected chi connectivity index (χ0v) is 9.61. The van der Waals surface area contributed by atoms with Crippen LogP contribution in [0.3, 0.4) is 0 Å². The molecule has 1 unspecified atom stereocenters. The Morgan fingerprint density at radius 1 is 1.29 bits per heavy atom. The van der Waals surface area contributed by atoms with Gasteiger partial charge >= 0.3 is 5.63 Å². The smallest absolute Gasteiger partial charge is 0.343 e. The quantitative estimate of drug-likeness (QED) is 0.815. The topological polar surface area (TPSA) is 42.2 Å². The van der Waals surface area contributed by atoms with E-state index in [2.05, 4.69) is 5.32 Å². The van der Waals surface area contributed by atoms with E-state index in [-0.39, 0.29) is 5.63 Å². The van der Waals surface area contributed by atoms with E-state index in [0.29, 0.717) is 11.3 Å². The average Bonchev–Trinajstić information content (AvgIpc) is 2.40. The van der Waals surface area contributed by atoms with Crippen LogP contribution in [0.5, 0.6) is 0 Å². The van der Waals surface area contributed by atoms with Gasteiger partial charge in [0.15, 0.2) is 0 Å². The maximum atomic E-state index is 11.9. The molecule has 1 aromatic heterocycles. The summed E-state index contributed by atoms with van der Waals surface area (Å²) in [4.78, 5) is 11.9. The van der Waals surface area contributed by atoms with Gasteiger partial charge in [0.1, 0.15) is 5.76 Å². The van der Waals surface area contributed by atoms with Crippen LogP contribution in [0.1, 0.15) is 24.5 Å². The molecule has 3 rings (SSSR count). The van der Waals surface area contributed by atoms with Gasteiger partial charge in [0.05, 0.1) is 5.39 Å². The van der Waals surface area contributed by atoms with Crippen molar-refractivity contribution in [1.29, 1.82) is 0 Å². The molecule has 88 valence electrons. The van der Waals surface area contributed by atoms with Crippen molar-refractivity contribution in [2.24, 2.45) is 0 Å². The van der Waals surface area contributed by atoms with E-state index < -0.39 is 0 Å². The molecular weight excluding hydrogens is 214 g/mol. The Morgan fingerprint density at radius 2 is 2.18 bits per heavy atom. The van der Waals surface area contributed by atoms with Gasteiger partial charge in [0.2, 0.25) is 0 Å². The number of fused-ring (bicyclic) bond motifs is 1. The SMILES string of the molecule is O=c1oc(C2CCCNC2)cc2ccccc12. The van der Waals surface area contributed by atoms with E-state index in [0.717, 1.165) is 37.1 Å². The molecule has 0 spiro atoms. The fourth-order valence-electron chi connectivity index (χ4n) is 2.45. The second-order valence-corrected chi connectivity index (χ2v) is 4.57. The second-order valence-electron chi connectivity index (χ2n) is 4.57. The minimum Gasteiger partial charge on any atom is -0.427 e. The first-order valence-corrected chi connectivity index (χ1v) is 6.08. The monoisotopic (exact) mass is 229 g/mol. The molecule has 2 aromatic rings. The summed E-state index contributed by atoms with van der Waals surface area (Å²) in [5, 5.41) is 4.98. The van der Waals surface area contributed by atoms with Crippen molar-refractivity contribution in [3.05, 3.63) is 46.5 Å². The number of hydrogen-bond donors (Lipinski definition) is 1. The number of rotatable bonds is 1. The van der Waals surface area contributed by atoms with Crippen LogP contribution < -0.4 is 10.9 Å². The number of hydrogen-bond acceptors (Lipinski definition) is 3. The molecule has 0 amide bonds. The largest absolute Gasteiger partial charge is 0.427 e. The van der Waals surface area contributed by atoms with Gasteiger partial charge in [0.25, 0.3) is 0 Å². The van der Waals surface area contributed by atoms with Crippen LogP contribution >= 0.6 is 0 Å². The third-order valence-corrected chi connectivity index (χ3v) is 3.39. The molecule has 17 heavy (non-hydrogen) atoms. The molecule has 1 N–H and O–H groups in total. The first kappa shape index (κ1) is 10.5. The summed E-state index contributed by atoms with van der Waals surface area (Å²) in [7, 11) is 0. The molecule has 2 heterocycles. The van der Waals surface area contributed by atoms with Crippen molar-refractivity contribution >= 4 is 10.8 Å². The molecule has 1 aliphatic heterocycles. The van der Waals surface area contributed by atoms with E-state index in [4.69, 9.17) is 4.42 Å². The van der Waals surface area contributed by atoms with Crippen LogP contribution in [0, 0.1) is 0 Å². The van der Waals surface area contributed by atoms with Crippen molar-refractivity contribution in [2.45, 2.75) is 18.8 Å². The lowest BCUT2D eigenvalue weighted by Crippen LogP contribution is -2.28. The summed E-state index contributed by atoms with van der Waals surface area (Å²) >= 11 is 0. The Bertz CT molecular complexity index is 582. The van der Waals surface area contributed by atoms with Crippen LogP contribution in [0.25, 0.3) is 10.8 Å². The molecule has 1 aliphatic rings. The van der Waals surface area contributed by atoms with Crippen LogP contribution in [0.2, 0.25) is 0 Å². The second kappa shape index (κ2) is 4.34. The maximum Gasteiger partial charge on any atom is 0.343 e. The lowest BCUT2D eigenvalue weighted by atomic mass is 9.96. The van der Waals surface area contributed by atoms with Crippen LogP contribution in [-0.4, -0.2) is 13.1 Å². The molecule has 0 saturated carbocycles. The minimum atomic E-state index is -0.219. The molecular formula is C14H15NO2. The first-order valence-electron chi connectivity index (χ1n) is 6.08. The third kappa shape index (κ3) is 1.98. The Labute approximate surface area is 99.4 Å². The first-order chi connectivity index (χ1) is 8.34. The molecule has 0 aliphatic carbocycles. The predicted octanol–water partition coefficient (Wildman–Crippen LogP) is 2.26. The summed E-state index contributed by atoms with van der Waals surface area (Å²) < 4.78 is 5.43. The van der Waals surface area contributed by atoms with Crippen molar-refractivity contribution < 1.29 is 4.42 Å². The van der Waals surface area contributed by atoms with Gasteiger partial charge in [-0.25, -0.2) is 4.79 Å². The summed E-state index contributed by atoms with van der Waals surface area (Å²) in [5.74, 6) is 1.15. The van der Waals surface area contributed by atoms with Gasteiger partial charge in [0, 0.05) is 12.5 Å². The minimum absolute atomic E-state index is 0.219. The Kier molecular flexibility index (Phi) is 2.69. The van der Waals surface area contributed by atoms with Gasteiger partial charge in [-0.3, -0.25) is 0 Å². The highest BCUT2D eigenvalue weighted by Gasteiger charge is 2.18. The fourth-order valence-corrected chi connectivity index (χ4v) is 2.45. The molecule has 1 saturated heterocycles. The Hall–Kier alpha value is -1.61. The summed E-state index contributed by atoms with van der Waals surface area (Å²) in [6.45, 7) is 1.97. The molecule has 0 radical (unpaired) electrons. The molecule has 1 aromatic carbocycles. The number of nitrogens with one attached hydrogen (secondary N) is 1. The van der Waals surface area contributed by atoms with Crippen LogP contribution in [0.4, 0.5) is 0 Å². The van der Waals surface area contributed by atoms with Gasteiger partial charge in [-0.05, 0) is 36.9 Å². The van der Waals surface area contributed by atoms with Crippen LogP contribution in [0.15, 0.2) is 39.5 Å². The van der Waals surface area contributed by atoms with E-state index in [9.17, 15) is 4.79 Å².